The lowest BCUT2D eigenvalue weighted by Gasteiger charge is -2.30. The molecule has 0 aromatic heterocycles. The van der Waals surface area contributed by atoms with Gasteiger partial charge in [0, 0.05) is 54.8 Å². The molecule has 0 bridgehead atoms. The summed E-state index contributed by atoms with van der Waals surface area (Å²) in [6, 6.07) is 1.83. The molecule has 1 fully saturated rings. The van der Waals surface area contributed by atoms with Gasteiger partial charge in [-0.25, -0.2) is 0 Å². The normalized spacial score (nSPS) is 19.4. The van der Waals surface area contributed by atoms with Crippen molar-refractivity contribution < 1.29 is 13.3 Å². The Balaban J connectivity index is 2.27. The van der Waals surface area contributed by atoms with Crippen LogP contribution in [0.15, 0.2) is 0 Å². The van der Waals surface area contributed by atoms with E-state index in [0.29, 0.717) is 12.1 Å². The Hall–Kier alpha value is 0.234. The van der Waals surface area contributed by atoms with Gasteiger partial charge in [-0.3, -0.25) is 0 Å². The van der Waals surface area contributed by atoms with Crippen LogP contribution >= 0.6 is 0 Å². The van der Waals surface area contributed by atoms with Crippen molar-refractivity contribution in [3.05, 3.63) is 0 Å². The van der Waals surface area contributed by atoms with Gasteiger partial charge in [0.1, 0.15) is 0 Å². The van der Waals surface area contributed by atoms with Crippen LogP contribution in [0.5, 0.6) is 0 Å². The molecule has 0 spiro atoms. The molecule has 1 aliphatic rings. The molecule has 0 aromatic carbocycles. The maximum absolute atomic E-state index is 5.94. The molecule has 126 valence electrons. The first-order valence-corrected chi connectivity index (χ1v) is 12.7. The van der Waals surface area contributed by atoms with Crippen molar-refractivity contribution in [2.24, 2.45) is 0 Å². The molecule has 1 saturated carbocycles. The van der Waals surface area contributed by atoms with Crippen LogP contribution in [0.3, 0.4) is 0 Å². The van der Waals surface area contributed by atoms with Gasteiger partial charge in [-0.05, 0) is 19.8 Å². The Bertz CT molecular complexity index is 263. The molecule has 1 atom stereocenters. The van der Waals surface area contributed by atoms with Crippen molar-refractivity contribution in [2.75, 3.05) is 27.1 Å². The summed E-state index contributed by atoms with van der Waals surface area (Å²) in [5, 5.41) is 7.13. The molecule has 1 unspecified atom stereocenters. The Morgan fingerprint density at radius 3 is 2.43 bits per heavy atom. The summed E-state index contributed by atoms with van der Waals surface area (Å²) in [6.45, 7) is 5.27. The molecule has 21 heavy (non-hydrogen) atoms. The summed E-state index contributed by atoms with van der Waals surface area (Å²) in [5.41, 5.74) is 0. The third-order valence-electron chi connectivity index (χ3n) is 4.15. The van der Waals surface area contributed by atoms with Crippen LogP contribution in [0.25, 0.3) is 0 Å². The van der Waals surface area contributed by atoms with E-state index in [9.17, 15) is 0 Å². The third kappa shape index (κ3) is 7.36. The van der Waals surface area contributed by atoms with Crippen LogP contribution < -0.4 is 10.6 Å². The first-order chi connectivity index (χ1) is 10.2. The predicted molar refractivity (Wildman–Crippen MR) is 92.4 cm³/mol. The lowest BCUT2D eigenvalue weighted by Crippen LogP contribution is -2.50. The molecule has 0 saturated heterocycles. The third-order valence-corrected chi connectivity index (χ3v) is 8.17. The van der Waals surface area contributed by atoms with Crippen molar-refractivity contribution in [2.45, 2.75) is 63.7 Å². The van der Waals surface area contributed by atoms with E-state index in [1.165, 1.54) is 32.1 Å². The van der Waals surface area contributed by atoms with E-state index < -0.39 is 8.80 Å². The molecule has 7 heteroatoms. The van der Waals surface area contributed by atoms with Gasteiger partial charge in [0.25, 0.3) is 0 Å². The highest BCUT2D eigenvalue weighted by atomic mass is 28.4. The van der Waals surface area contributed by atoms with Crippen molar-refractivity contribution in [3.63, 3.8) is 0 Å². The highest BCUT2D eigenvalue weighted by Crippen LogP contribution is 2.18. The minimum absolute atomic E-state index is 0.128. The zero-order valence-corrected chi connectivity index (χ0v) is 16.7. The number of nitrogens with one attached hydrogen (secondary N) is 2. The molecule has 0 aromatic rings. The zero-order chi connectivity index (χ0) is 15.6. The highest BCUT2D eigenvalue weighted by molar-refractivity contribution is 6.61. The molecular weight excluding hydrogens is 300 g/mol. The molecule has 1 aliphatic carbocycles. The van der Waals surface area contributed by atoms with Gasteiger partial charge >= 0.3 is 8.80 Å². The van der Waals surface area contributed by atoms with Crippen molar-refractivity contribution >= 4 is 18.3 Å². The Labute approximate surface area is 133 Å². The van der Waals surface area contributed by atoms with E-state index in [2.05, 4.69) is 24.1 Å². The fourth-order valence-electron chi connectivity index (χ4n) is 2.82. The highest BCUT2D eigenvalue weighted by Gasteiger charge is 2.40. The fourth-order valence-corrected chi connectivity index (χ4v) is 6.62. The molecule has 2 N–H and O–H groups in total. The summed E-state index contributed by atoms with van der Waals surface area (Å²) >= 11 is 0. The summed E-state index contributed by atoms with van der Waals surface area (Å²) in [7, 11) is 0.816. The van der Waals surface area contributed by atoms with Gasteiger partial charge in [0.2, 0.25) is 0 Å². The van der Waals surface area contributed by atoms with Gasteiger partial charge in [0.15, 0.2) is 0 Å². The Morgan fingerprint density at radius 2 is 1.86 bits per heavy atom. The van der Waals surface area contributed by atoms with Gasteiger partial charge in [-0.1, -0.05) is 25.8 Å². The molecular formula is C14H34N2O3Si2. The minimum Gasteiger partial charge on any atom is -0.378 e. The summed E-state index contributed by atoms with van der Waals surface area (Å²) in [6.07, 6.45) is 7.60. The summed E-state index contributed by atoms with van der Waals surface area (Å²) < 4.78 is 17.2. The quantitative estimate of drug-likeness (QED) is 0.440. The van der Waals surface area contributed by atoms with Crippen LogP contribution in [-0.2, 0) is 13.3 Å². The predicted octanol–water partition coefficient (Wildman–Crippen LogP) is 1.27. The molecule has 5 nitrogen and oxygen atoms in total. The van der Waals surface area contributed by atoms with E-state index in [-0.39, 0.29) is 9.52 Å². The largest absolute Gasteiger partial charge is 0.501 e. The SMILES string of the molecule is CO[Si](CC(C)NCNC1CCCCC1)(OC)OC[SiH2]C. The lowest BCUT2D eigenvalue weighted by molar-refractivity contribution is 0.112. The first kappa shape index (κ1) is 19.3. The van der Waals surface area contributed by atoms with E-state index >= 15 is 0 Å². The van der Waals surface area contributed by atoms with Crippen molar-refractivity contribution in [3.8, 4) is 0 Å². The first-order valence-electron chi connectivity index (χ1n) is 8.36. The average Bonchev–Trinajstić information content (AvgIpc) is 2.52. The lowest BCUT2D eigenvalue weighted by atomic mass is 9.96. The second-order valence-corrected chi connectivity index (χ2v) is 10.3. The van der Waals surface area contributed by atoms with Gasteiger partial charge < -0.3 is 23.9 Å². The molecule has 1 rings (SSSR count). The maximum Gasteiger partial charge on any atom is 0.501 e. The van der Waals surface area contributed by atoms with E-state index in [1.807, 2.05) is 0 Å². The molecule has 0 radical (unpaired) electrons. The second-order valence-electron chi connectivity index (χ2n) is 5.96. The van der Waals surface area contributed by atoms with E-state index in [1.54, 1.807) is 14.2 Å². The molecule has 0 aliphatic heterocycles. The Kier molecular flexibility index (Phi) is 9.99. The van der Waals surface area contributed by atoms with Gasteiger partial charge in [-0.15, -0.1) is 0 Å². The summed E-state index contributed by atoms with van der Waals surface area (Å²) in [5.74, 6) is 0. The van der Waals surface area contributed by atoms with E-state index in [4.69, 9.17) is 13.3 Å². The molecule has 0 heterocycles. The van der Waals surface area contributed by atoms with Crippen LogP contribution in [0.4, 0.5) is 0 Å². The number of hydrogen-bond acceptors (Lipinski definition) is 5. The van der Waals surface area contributed by atoms with Gasteiger partial charge in [-0.2, -0.15) is 0 Å². The smallest absolute Gasteiger partial charge is 0.378 e. The second kappa shape index (κ2) is 10.9. The monoisotopic (exact) mass is 334 g/mol. The van der Waals surface area contributed by atoms with Crippen LogP contribution in [0.1, 0.15) is 39.0 Å². The summed E-state index contributed by atoms with van der Waals surface area (Å²) in [4.78, 5) is 0. The van der Waals surface area contributed by atoms with Crippen LogP contribution in [-0.4, -0.2) is 57.5 Å². The fraction of sp³-hybridized carbons (Fsp3) is 1.00. The standard InChI is InChI=1S/C14H34N2O3Si2/c1-13(10-21(17-2,18-3)19-12-20-4)15-11-16-14-8-6-5-7-9-14/h13-16H,5-12,20H2,1-4H3. The van der Waals surface area contributed by atoms with Crippen LogP contribution in [0.2, 0.25) is 12.6 Å². The van der Waals surface area contributed by atoms with Crippen molar-refractivity contribution in [1.82, 2.24) is 10.6 Å². The van der Waals surface area contributed by atoms with Gasteiger partial charge in [0.05, 0.1) is 0 Å². The zero-order valence-electron chi connectivity index (χ0n) is 14.2. The minimum atomic E-state index is -2.47. The molecule has 0 amide bonds. The maximum atomic E-state index is 5.94. The average molecular weight is 335 g/mol. The number of hydrogen-bond donors (Lipinski definition) is 2. The van der Waals surface area contributed by atoms with E-state index in [0.717, 1.165) is 18.9 Å². The Morgan fingerprint density at radius 1 is 1.19 bits per heavy atom. The van der Waals surface area contributed by atoms with Crippen LogP contribution in [0, 0.1) is 0 Å². The number of rotatable bonds is 11. The van der Waals surface area contributed by atoms with Crippen molar-refractivity contribution in [1.29, 1.82) is 0 Å². The topological polar surface area (TPSA) is 51.8 Å².